The zero-order valence-electron chi connectivity index (χ0n) is 7.74. The van der Waals surface area contributed by atoms with E-state index < -0.39 is 15.1 Å². The predicted octanol–water partition coefficient (Wildman–Crippen LogP) is 1.77. The van der Waals surface area contributed by atoms with Gasteiger partial charge in [-0.05, 0) is 37.1 Å². The number of hydrogen-bond donors (Lipinski definition) is 0. The third kappa shape index (κ3) is 1.98. The summed E-state index contributed by atoms with van der Waals surface area (Å²) in [6.07, 6.45) is 0.487. The van der Waals surface area contributed by atoms with Crippen LogP contribution in [0.1, 0.15) is 21.5 Å². The van der Waals surface area contributed by atoms with Crippen LogP contribution in [0, 0.1) is 13.8 Å². The number of rotatable bonds is 2. The number of aldehydes is 1. The Balaban J connectivity index is 3.58. The van der Waals surface area contributed by atoms with Crippen molar-refractivity contribution in [2.24, 2.45) is 0 Å². The number of aryl methyl sites for hydroxylation is 1. The molecule has 14 heavy (non-hydrogen) atoms. The van der Waals surface area contributed by atoms with Gasteiger partial charge in [-0.2, -0.15) is 8.42 Å². The first-order valence-electron chi connectivity index (χ1n) is 3.87. The minimum absolute atomic E-state index is 0.157. The van der Waals surface area contributed by atoms with Crippen LogP contribution in [0.2, 0.25) is 0 Å². The first kappa shape index (κ1) is 10.8. The maximum atomic E-state index is 12.7. The number of carbonyl (C=O) groups excluding carboxylic acids is 1. The largest absolute Gasteiger partial charge is 0.332 e. The lowest BCUT2D eigenvalue weighted by atomic mass is 10.1. The number of halogens is 1. The van der Waals surface area contributed by atoms with Crippen molar-refractivity contribution >= 4 is 16.5 Å². The molecule has 0 bridgehead atoms. The molecule has 0 radical (unpaired) electrons. The van der Waals surface area contributed by atoms with Gasteiger partial charge in [0.25, 0.3) is 0 Å². The van der Waals surface area contributed by atoms with Crippen LogP contribution in [0.3, 0.4) is 0 Å². The van der Waals surface area contributed by atoms with Gasteiger partial charge in [0.15, 0.2) is 0 Å². The van der Waals surface area contributed by atoms with E-state index in [4.69, 9.17) is 0 Å². The lowest BCUT2D eigenvalue weighted by Crippen LogP contribution is -1.99. The SMILES string of the molecule is Cc1cc(C=O)cc(S(=O)(=O)F)c1C. The van der Waals surface area contributed by atoms with E-state index in [0.29, 0.717) is 17.4 Å². The van der Waals surface area contributed by atoms with E-state index in [2.05, 4.69) is 0 Å². The highest BCUT2D eigenvalue weighted by Crippen LogP contribution is 2.21. The Bertz CT molecular complexity index is 477. The normalized spacial score (nSPS) is 11.4. The van der Waals surface area contributed by atoms with E-state index in [-0.39, 0.29) is 5.56 Å². The molecule has 1 rings (SSSR count). The molecule has 0 aliphatic heterocycles. The van der Waals surface area contributed by atoms with Crippen molar-refractivity contribution < 1.29 is 17.1 Å². The van der Waals surface area contributed by atoms with Crippen LogP contribution in [-0.2, 0) is 10.2 Å². The van der Waals surface area contributed by atoms with E-state index in [1.165, 1.54) is 13.0 Å². The molecular formula is C9H9FO3S. The fourth-order valence-electron chi connectivity index (χ4n) is 1.18. The summed E-state index contributed by atoms with van der Waals surface area (Å²) in [7, 11) is -4.75. The van der Waals surface area contributed by atoms with Crippen molar-refractivity contribution in [1.82, 2.24) is 0 Å². The minimum Gasteiger partial charge on any atom is -0.298 e. The van der Waals surface area contributed by atoms with E-state index >= 15 is 0 Å². The molecule has 0 saturated heterocycles. The molecular weight excluding hydrogens is 207 g/mol. The summed E-state index contributed by atoms with van der Waals surface area (Å²) in [6.45, 7) is 3.12. The molecule has 5 heteroatoms. The van der Waals surface area contributed by atoms with E-state index in [9.17, 15) is 17.1 Å². The van der Waals surface area contributed by atoms with Crippen molar-refractivity contribution in [1.29, 1.82) is 0 Å². The monoisotopic (exact) mass is 216 g/mol. The standard InChI is InChI=1S/C9H9FO3S/c1-6-3-8(5-11)4-9(7(6)2)14(10,12)13/h3-5H,1-2H3. The number of carbonyl (C=O) groups is 1. The highest BCUT2D eigenvalue weighted by atomic mass is 32.3. The highest BCUT2D eigenvalue weighted by molar-refractivity contribution is 7.86. The average molecular weight is 216 g/mol. The molecule has 0 aliphatic carbocycles. The van der Waals surface area contributed by atoms with Gasteiger partial charge in [-0.3, -0.25) is 4.79 Å². The second-order valence-electron chi connectivity index (χ2n) is 3.02. The van der Waals surface area contributed by atoms with Gasteiger partial charge in [0.1, 0.15) is 11.2 Å². The fraction of sp³-hybridized carbons (Fsp3) is 0.222. The maximum Gasteiger partial charge on any atom is 0.332 e. The summed E-state index contributed by atoms with van der Waals surface area (Å²) in [6, 6.07) is 2.54. The Morgan fingerprint density at radius 2 is 1.86 bits per heavy atom. The van der Waals surface area contributed by atoms with Crippen molar-refractivity contribution in [3.8, 4) is 0 Å². The predicted molar refractivity (Wildman–Crippen MR) is 49.6 cm³/mol. The van der Waals surface area contributed by atoms with Crippen molar-refractivity contribution in [2.75, 3.05) is 0 Å². The molecule has 0 heterocycles. The second kappa shape index (κ2) is 3.49. The molecule has 0 fully saturated rings. The number of hydrogen-bond acceptors (Lipinski definition) is 3. The first-order chi connectivity index (χ1) is 6.36. The van der Waals surface area contributed by atoms with Gasteiger partial charge in [-0.15, -0.1) is 3.89 Å². The van der Waals surface area contributed by atoms with Gasteiger partial charge in [0.05, 0.1) is 0 Å². The molecule has 3 nitrogen and oxygen atoms in total. The Labute approximate surface area is 81.8 Å². The van der Waals surface area contributed by atoms with Gasteiger partial charge >= 0.3 is 10.2 Å². The van der Waals surface area contributed by atoms with Gasteiger partial charge < -0.3 is 0 Å². The quantitative estimate of drug-likeness (QED) is 0.559. The van der Waals surface area contributed by atoms with Crippen LogP contribution in [0.15, 0.2) is 17.0 Å². The average Bonchev–Trinajstić information content (AvgIpc) is 2.07. The molecule has 0 atom stereocenters. The molecule has 1 aromatic carbocycles. The van der Waals surface area contributed by atoms with Crippen LogP contribution in [0.25, 0.3) is 0 Å². The summed E-state index contributed by atoms with van der Waals surface area (Å²) in [4.78, 5) is 10.0. The van der Waals surface area contributed by atoms with Gasteiger partial charge in [-0.25, -0.2) is 0 Å². The van der Waals surface area contributed by atoms with Gasteiger partial charge in [0.2, 0.25) is 0 Å². The molecule has 0 saturated carbocycles. The van der Waals surface area contributed by atoms with Crippen LogP contribution < -0.4 is 0 Å². The molecule has 0 unspecified atom stereocenters. The zero-order valence-corrected chi connectivity index (χ0v) is 8.56. The molecule has 0 amide bonds. The topological polar surface area (TPSA) is 51.2 Å². The Morgan fingerprint density at radius 1 is 1.29 bits per heavy atom. The van der Waals surface area contributed by atoms with E-state index in [0.717, 1.165) is 6.07 Å². The Morgan fingerprint density at radius 3 is 2.29 bits per heavy atom. The van der Waals surface area contributed by atoms with Crippen LogP contribution >= 0.6 is 0 Å². The third-order valence-corrected chi connectivity index (χ3v) is 2.99. The minimum atomic E-state index is -4.75. The van der Waals surface area contributed by atoms with Crippen molar-refractivity contribution in [2.45, 2.75) is 18.7 Å². The molecule has 0 aromatic heterocycles. The molecule has 76 valence electrons. The van der Waals surface area contributed by atoms with Crippen LogP contribution in [0.5, 0.6) is 0 Å². The van der Waals surface area contributed by atoms with Crippen LogP contribution in [0.4, 0.5) is 3.89 Å². The van der Waals surface area contributed by atoms with Crippen molar-refractivity contribution in [3.63, 3.8) is 0 Å². The summed E-state index contributed by atoms with van der Waals surface area (Å²) >= 11 is 0. The summed E-state index contributed by atoms with van der Waals surface area (Å²) in [5.74, 6) is 0. The summed E-state index contributed by atoms with van der Waals surface area (Å²) in [5, 5.41) is 0. The highest BCUT2D eigenvalue weighted by Gasteiger charge is 2.17. The lowest BCUT2D eigenvalue weighted by Gasteiger charge is -2.05. The van der Waals surface area contributed by atoms with E-state index in [1.807, 2.05) is 0 Å². The third-order valence-electron chi connectivity index (χ3n) is 2.04. The number of benzene rings is 1. The van der Waals surface area contributed by atoms with Gasteiger partial charge in [0, 0.05) is 5.56 Å². The molecule has 0 spiro atoms. The van der Waals surface area contributed by atoms with E-state index in [1.54, 1.807) is 6.92 Å². The Hall–Kier alpha value is -1.23. The fourth-order valence-corrected chi connectivity index (χ4v) is 1.98. The zero-order chi connectivity index (χ0) is 10.9. The molecule has 0 aliphatic rings. The summed E-state index contributed by atoms with van der Waals surface area (Å²) < 4.78 is 34.1. The maximum absolute atomic E-state index is 12.7. The summed E-state index contributed by atoms with van der Waals surface area (Å²) in [5.41, 5.74) is 1.06. The smallest absolute Gasteiger partial charge is 0.298 e. The van der Waals surface area contributed by atoms with Crippen LogP contribution in [-0.4, -0.2) is 14.7 Å². The van der Waals surface area contributed by atoms with Crippen molar-refractivity contribution in [3.05, 3.63) is 28.8 Å². The second-order valence-corrected chi connectivity index (χ2v) is 4.33. The first-order valence-corrected chi connectivity index (χ1v) is 5.25. The lowest BCUT2D eigenvalue weighted by molar-refractivity contribution is 0.112. The molecule has 1 aromatic rings. The van der Waals surface area contributed by atoms with Gasteiger partial charge in [-0.1, -0.05) is 0 Å². The molecule has 0 N–H and O–H groups in total. The Kier molecular flexibility index (Phi) is 2.71.